The number of fused-ring (bicyclic) bond motifs is 3. The van der Waals surface area contributed by atoms with Crippen LogP contribution in [-0.2, 0) is 0 Å². The monoisotopic (exact) mass is 226 g/mol. The molecule has 3 rings (SSSR count). The molecule has 0 atom stereocenters. The van der Waals surface area contributed by atoms with Crippen molar-refractivity contribution >= 4 is 16.7 Å². The van der Waals surface area contributed by atoms with Crippen LogP contribution in [0.1, 0.15) is 11.3 Å². The van der Waals surface area contributed by atoms with E-state index in [1.165, 1.54) is 0 Å². The lowest BCUT2D eigenvalue weighted by Gasteiger charge is -1.91. The van der Waals surface area contributed by atoms with Crippen molar-refractivity contribution in [2.75, 3.05) is 0 Å². The van der Waals surface area contributed by atoms with Gasteiger partial charge in [-0.25, -0.2) is 10.1 Å². The summed E-state index contributed by atoms with van der Waals surface area (Å²) in [4.78, 5) is 18.7. The molecule has 0 amide bonds. The predicted molar refractivity (Wildman–Crippen MR) is 59.3 cm³/mol. The Hall–Kier alpha value is -2.68. The van der Waals surface area contributed by atoms with E-state index in [2.05, 4.69) is 21.1 Å². The van der Waals surface area contributed by atoms with E-state index in [1.54, 1.807) is 29.8 Å². The van der Waals surface area contributed by atoms with Crippen LogP contribution in [0, 0.1) is 18.3 Å². The minimum Gasteiger partial charge on any atom is -0.250 e. The maximum absolute atomic E-state index is 11.8. The summed E-state index contributed by atoms with van der Waals surface area (Å²) in [6, 6.07) is 5.45. The van der Waals surface area contributed by atoms with Gasteiger partial charge in [-0.2, -0.15) is 5.26 Å². The van der Waals surface area contributed by atoms with Crippen molar-refractivity contribution < 1.29 is 4.52 Å². The summed E-state index contributed by atoms with van der Waals surface area (Å²) >= 11 is 0. The molecule has 0 aliphatic carbocycles. The zero-order chi connectivity index (χ0) is 12.0. The van der Waals surface area contributed by atoms with Gasteiger partial charge in [-0.15, -0.1) is 9.50 Å². The first-order chi connectivity index (χ1) is 8.22. The molecule has 0 aliphatic heterocycles. The Balaban J connectivity index is 2.68. The average molecular weight is 226 g/mol. The number of hydrogen-bond donors (Lipinski definition) is 2. The number of rotatable bonds is 0. The molecule has 0 aromatic carbocycles. The summed E-state index contributed by atoms with van der Waals surface area (Å²) < 4.78 is 1.62. The Morgan fingerprint density at radius 1 is 1.53 bits per heavy atom. The Bertz CT molecular complexity index is 837. The highest BCUT2D eigenvalue weighted by Gasteiger charge is 2.19. The Morgan fingerprint density at radius 2 is 2.35 bits per heavy atom. The Labute approximate surface area is 95.1 Å². The van der Waals surface area contributed by atoms with Gasteiger partial charge >= 0.3 is 5.56 Å². The summed E-state index contributed by atoms with van der Waals surface area (Å²) in [5.74, 6) is 0. The van der Waals surface area contributed by atoms with Gasteiger partial charge < -0.3 is 0 Å². The number of H-pyrrole nitrogens is 2. The third-order valence-corrected chi connectivity index (χ3v) is 2.70. The molecular formula is C11H8N5O+. The topological polar surface area (TPSA) is 89.4 Å². The van der Waals surface area contributed by atoms with Gasteiger partial charge in [0.15, 0.2) is 0 Å². The smallest absolute Gasteiger partial charge is 0.250 e. The van der Waals surface area contributed by atoms with E-state index >= 15 is 0 Å². The van der Waals surface area contributed by atoms with Crippen molar-refractivity contribution in [3.8, 4) is 6.07 Å². The number of nitriles is 1. The van der Waals surface area contributed by atoms with Gasteiger partial charge in [0.05, 0.1) is 5.69 Å². The van der Waals surface area contributed by atoms with Crippen LogP contribution in [0.5, 0.6) is 0 Å². The predicted octanol–water partition coefficient (Wildman–Crippen LogP) is 0.170. The summed E-state index contributed by atoms with van der Waals surface area (Å²) in [5, 5.41) is 12.5. The molecule has 0 saturated heterocycles. The average Bonchev–Trinajstić information content (AvgIpc) is 2.66. The van der Waals surface area contributed by atoms with Crippen LogP contribution >= 0.6 is 0 Å². The first-order valence-electron chi connectivity index (χ1n) is 5.04. The first-order valence-corrected chi connectivity index (χ1v) is 5.04. The number of aromatic amines is 2. The van der Waals surface area contributed by atoms with Crippen LogP contribution in [-0.4, -0.2) is 15.1 Å². The molecule has 0 spiro atoms. The SMILES string of the molecule is Cc1[nH][n+]2c([nH]c(=O)c3cccnc32)c1C#N. The quantitative estimate of drug-likeness (QED) is 0.535. The third-order valence-electron chi connectivity index (χ3n) is 2.70. The molecule has 6 nitrogen and oxygen atoms in total. The van der Waals surface area contributed by atoms with E-state index in [0.29, 0.717) is 27.9 Å². The minimum atomic E-state index is -0.247. The minimum absolute atomic E-state index is 0.247. The number of pyridine rings is 1. The van der Waals surface area contributed by atoms with Crippen LogP contribution in [0.15, 0.2) is 23.1 Å². The lowest BCUT2D eigenvalue weighted by atomic mass is 10.3. The zero-order valence-corrected chi connectivity index (χ0v) is 8.98. The molecule has 0 aliphatic rings. The van der Waals surface area contributed by atoms with Crippen molar-refractivity contribution in [1.29, 1.82) is 5.26 Å². The molecular weight excluding hydrogens is 218 g/mol. The van der Waals surface area contributed by atoms with Gasteiger partial charge in [0.25, 0.3) is 11.3 Å². The fourth-order valence-corrected chi connectivity index (χ4v) is 1.91. The Morgan fingerprint density at radius 3 is 3.12 bits per heavy atom. The van der Waals surface area contributed by atoms with Gasteiger partial charge in [0.2, 0.25) is 0 Å². The van der Waals surface area contributed by atoms with Gasteiger partial charge in [-0.1, -0.05) is 0 Å². The lowest BCUT2D eigenvalue weighted by molar-refractivity contribution is -0.553. The molecule has 0 fully saturated rings. The molecule has 0 bridgehead atoms. The van der Waals surface area contributed by atoms with E-state index in [4.69, 9.17) is 5.26 Å². The molecule has 17 heavy (non-hydrogen) atoms. The molecule has 82 valence electrons. The van der Waals surface area contributed by atoms with E-state index in [1.807, 2.05) is 0 Å². The summed E-state index contributed by atoms with van der Waals surface area (Å²) in [6.07, 6.45) is 1.61. The van der Waals surface area contributed by atoms with Crippen molar-refractivity contribution in [1.82, 2.24) is 15.1 Å². The summed E-state index contributed by atoms with van der Waals surface area (Å²) in [6.45, 7) is 1.78. The van der Waals surface area contributed by atoms with E-state index in [-0.39, 0.29) is 5.56 Å². The highest BCUT2D eigenvalue weighted by Crippen LogP contribution is 2.08. The van der Waals surface area contributed by atoms with Crippen LogP contribution in [0.3, 0.4) is 0 Å². The normalized spacial score (nSPS) is 10.8. The molecule has 0 saturated carbocycles. The van der Waals surface area contributed by atoms with Crippen LogP contribution in [0.25, 0.3) is 16.7 Å². The van der Waals surface area contributed by atoms with Gasteiger partial charge in [-0.05, 0) is 19.1 Å². The second kappa shape index (κ2) is 3.15. The van der Waals surface area contributed by atoms with E-state index in [0.717, 1.165) is 0 Å². The van der Waals surface area contributed by atoms with Gasteiger partial charge in [0.1, 0.15) is 23.2 Å². The molecule has 3 heterocycles. The largest absolute Gasteiger partial charge is 0.318 e. The second-order valence-electron chi connectivity index (χ2n) is 3.74. The summed E-state index contributed by atoms with van der Waals surface area (Å²) in [7, 11) is 0. The van der Waals surface area contributed by atoms with Crippen LogP contribution in [0.4, 0.5) is 0 Å². The number of aryl methyl sites for hydroxylation is 1. The number of nitrogens with zero attached hydrogens (tertiary/aromatic N) is 3. The molecule has 3 aromatic heterocycles. The maximum atomic E-state index is 11.8. The van der Waals surface area contributed by atoms with Crippen LogP contribution < -0.4 is 10.1 Å². The van der Waals surface area contributed by atoms with Crippen molar-refractivity contribution in [2.45, 2.75) is 6.92 Å². The second-order valence-corrected chi connectivity index (χ2v) is 3.74. The highest BCUT2D eigenvalue weighted by atomic mass is 16.1. The highest BCUT2D eigenvalue weighted by molar-refractivity contribution is 5.72. The van der Waals surface area contributed by atoms with Gasteiger partial charge in [0, 0.05) is 0 Å². The van der Waals surface area contributed by atoms with Crippen molar-refractivity contribution in [3.63, 3.8) is 0 Å². The van der Waals surface area contributed by atoms with E-state index < -0.39 is 0 Å². The van der Waals surface area contributed by atoms with Crippen molar-refractivity contribution in [3.05, 3.63) is 39.9 Å². The van der Waals surface area contributed by atoms with Gasteiger partial charge in [-0.3, -0.25) is 4.79 Å². The standard InChI is InChI=1S/C11H7N5O/c1-6-8(5-12)10-14-11(17)7-3-2-4-13-9(7)16(10)15-6/h2-4H,1H3,(H,14,15,17)/p+1. The fourth-order valence-electron chi connectivity index (χ4n) is 1.91. The van der Waals surface area contributed by atoms with Crippen molar-refractivity contribution in [2.24, 2.45) is 0 Å². The lowest BCUT2D eigenvalue weighted by Crippen LogP contribution is -2.30. The van der Waals surface area contributed by atoms with Crippen LogP contribution in [0.2, 0.25) is 0 Å². The third kappa shape index (κ3) is 1.16. The molecule has 0 radical (unpaired) electrons. The number of hydrogen-bond acceptors (Lipinski definition) is 3. The zero-order valence-electron chi connectivity index (χ0n) is 8.98. The molecule has 6 heteroatoms. The fraction of sp³-hybridized carbons (Fsp3) is 0.0909. The molecule has 0 unspecified atom stereocenters. The number of aromatic nitrogens is 4. The molecule has 2 N–H and O–H groups in total. The number of nitrogens with one attached hydrogen (secondary N) is 2. The molecule has 3 aromatic rings. The Kier molecular flexibility index (Phi) is 1.77. The summed E-state index contributed by atoms with van der Waals surface area (Å²) in [5.41, 5.74) is 1.83. The first kappa shape index (κ1) is 9.54. The van der Waals surface area contributed by atoms with E-state index in [9.17, 15) is 4.79 Å². The maximum Gasteiger partial charge on any atom is 0.318 e.